The number of nitrogen functional groups attached to an aromatic ring is 1. The molecule has 0 saturated heterocycles. The molecule has 2 rings (SSSR count). The van der Waals surface area contributed by atoms with Crippen LogP contribution >= 0.6 is 11.8 Å². The molecule has 0 spiro atoms. The third kappa shape index (κ3) is 3.27. The van der Waals surface area contributed by atoms with Gasteiger partial charge in [0.25, 0.3) is 0 Å². The van der Waals surface area contributed by atoms with Gasteiger partial charge in [-0.15, -0.1) is 6.42 Å². The highest BCUT2D eigenvalue weighted by molar-refractivity contribution is 7.98. The molecule has 1 fully saturated rings. The maximum absolute atomic E-state index is 6.24. The summed E-state index contributed by atoms with van der Waals surface area (Å²) >= 11 is 1.87. The van der Waals surface area contributed by atoms with Gasteiger partial charge >= 0.3 is 0 Å². The lowest BCUT2D eigenvalue weighted by atomic mass is 10.1. The molecule has 1 saturated carbocycles. The molecule has 0 atom stereocenters. The van der Waals surface area contributed by atoms with E-state index < -0.39 is 0 Å². The predicted molar refractivity (Wildman–Crippen MR) is 83.4 cm³/mol. The Labute approximate surface area is 120 Å². The van der Waals surface area contributed by atoms with Crippen LogP contribution in [0, 0.1) is 12.3 Å². The number of nitrogens with two attached hydrogens (primary N) is 1. The summed E-state index contributed by atoms with van der Waals surface area (Å²) in [5.41, 5.74) is 7.29. The van der Waals surface area contributed by atoms with Crippen molar-refractivity contribution >= 4 is 17.6 Å². The molecule has 2 N–H and O–H groups in total. The largest absolute Gasteiger partial charge is 0.384 e. The van der Waals surface area contributed by atoms with Gasteiger partial charge in [-0.25, -0.2) is 4.98 Å². The van der Waals surface area contributed by atoms with Crippen LogP contribution in [0.25, 0.3) is 0 Å². The molecular formula is C15H23N3S. The van der Waals surface area contributed by atoms with E-state index >= 15 is 0 Å². The van der Waals surface area contributed by atoms with Crippen LogP contribution in [0.4, 0.5) is 5.82 Å². The molecule has 0 bridgehead atoms. The Balaban J connectivity index is 2.20. The second-order valence-electron chi connectivity index (χ2n) is 5.17. The van der Waals surface area contributed by atoms with Crippen LogP contribution in [-0.4, -0.2) is 21.6 Å². The fourth-order valence-corrected chi connectivity index (χ4v) is 3.29. The van der Waals surface area contributed by atoms with E-state index in [0.29, 0.717) is 12.5 Å². The van der Waals surface area contributed by atoms with Crippen molar-refractivity contribution in [2.24, 2.45) is 0 Å². The van der Waals surface area contributed by atoms with E-state index in [0.717, 1.165) is 35.9 Å². The number of aryl methyl sites for hydroxylation is 1. The maximum atomic E-state index is 6.24. The van der Waals surface area contributed by atoms with E-state index in [1.54, 1.807) is 0 Å². The zero-order valence-corrected chi connectivity index (χ0v) is 12.5. The van der Waals surface area contributed by atoms with Gasteiger partial charge in [0.15, 0.2) is 0 Å². The van der Waals surface area contributed by atoms with Gasteiger partial charge < -0.3 is 10.3 Å². The second-order valence-corrected chi connectivity index (χ2v) is 6.16. The molecule has 0 aliphatic heterocycles. The zero-order chi connectivity index (χ0) is 13.7. The molecule has 0 amide bonds. The molecular weight excluding hydrogens is 254 g/mol. The minimum absolute atomic E-state index is 0.549. The number of imidazole rings is 1. The Morgan fingerprint density at radius 2 is 2.21 bits per heavy atom. The quantitative estimate of drug-likeness (QED) is 0.642. The minimum Gasteiger partial charge on any atom is -0.384 e. The number of thioether (sulfide) groups is 1. The Kier molecular flexibility index (Phi) is 5.21. The van der Waals surface area contributed by atoms with Crippen molar-refractivity contribution in [2.75, 3.05) is 17.7 Å². The lowest BCUT2D eigenvalue weighted by molar-refractivity contribution is 0.621. The lowest BCUT2D eigenvalue weighted by Crippen LogP contribution is -2.09. The fourth-order valence-electron chi connectivity index (χ4n) is 2.86. The molecule has 1 aromatic heterocycles. The molecule has 1 aliphatic rings. The van der Waals surface area contributed by atoms with E-state index in [2.05, 4.69) is 16.7 Å². The Hall–Kier alpha value is -1.08. The van der Waals surface area contributed by atoms with E-state index in [4.69, 9.17) is 17.1 Å². The number of hydrogen-bond acceptors (Lipinski definition) is 3. The first-order chi connectivity index (χ1) is 9.27. The van der Waals surface area contributed by atoms with Gasteiger partial charge in [-0.05, 0) is 37.7 Å². The van der Waals surface area contributed by atoms with Crippen molar-refractivity contribution in [1.82, 2.24) is 9.55 Å². The van der Waals surface area contributed by atoms with Crippen molar-refractivity contribution in [3.63, 3.8) is 0 Å². The zero-order valence-electron chi connectivity index (χ0n) is 11.7. The van der Waals surface area contributed by atoms with Crippen molar-refractivity contribution in [3.05, 3.63) is 11.5 Å². The summed E-state index contributed by atoms with van der Waals surface area (Å²) in [5, 5.41) is 0. The Bertz CT molecular complexity index is 453. The van der Waals surface area contributed by atoms with E-state index in [-0.39, 0.29) is 0 Å². The van der Waals surface area contributed by atoms with Crippen molar-refractivity contribution in [2.45, 2.75) is 51.0 Å². The number of aromatic nitrogens is 2. The standard InChI is InChI=1S/C15H23N3S/c1-3-10-18-14(16)13(9-6-11-19-2)17-15(18)12-7-4-5-8-12/h1,12H,4-11,16H2,2H3. The van der Waals surface area contributed by atoms with Crippen LogP contribution in [0.5, 0.6) is 0 Å². The van der Waals surface area contributed by atoms with Crippen LogP contribution < -0.4 is 5.73 Å². The summed E-state index contributed by atoms with van der Waals surface area (Å²) in [5.74, 6) is 6.35. The molecule has 104 valence electrons. The highest BCUT2D eigenvalue weighted by Gasteiger charge is 2.24. The van der Waals surface area contributed by atoms with Crippen LogP contribution in [0.1, 0.15) is 49.5 Å². The fraction of sp³-hybridized carbons (Fsp3) is 0.667. The first-order valence-corrected chi connectivity index (χ1v) is 8.44. The third-order valence-corrected chi connectivity index (χ3v) is 4.54. The molecule has 0 radical (unpaired) electrons. The maximum Gasteiger partial charge on any atom is 0.127 e. The number of hydrogen-bond donors (Lipinski definition) is 1. The minimum atomic E-state index is 0.549. The van der Waals surface area contributed by atoms with Gasteiger partial charge in [-0.1, -0.05) is 18.8 Å². The summed E-state index contributed by atoms with van der Waals surface area (Å²) in [7, 11) is 0. The number of rotatable bonds is 6. The normalized spacial score (nSPS) is 15.8. The summed E-state index contributed by atoms with van der Waals surface area (Å²) in [6.07, 6.45) is 14.7. The Morgan fingerprint density at radius 3 is 2.84 bits per heavy atom. The number of anilines is 1. The smallest absolute Gasteiger partial charge is 0.127 e. The molecule has 19 heavy (non-hydrogen) atoms. The van der Waals surface area contributed by atoms with Crippen molar-refractivity contribution in [1.29, 1.82) is 0 Å². The molecule has 1 aromatic rings. The molecule has 0 unspecified atom stereocenters. The molecule has 0 aromatic carbocycles. The first-order valence-electron chi connectivity index (χ1n) is 7.05. The summed E-state index contributed by atoms with van der Waals surface area (Å²) in [6.45, 7) is 0.549. The average Bonchev–Trinajstić information content (AvgIpc) is 3.02. The van der Waals surface area contributed by atoms with Gasteiger partial charge in [-0.2, -0.15) is 11.8 Å². The summed E-state index contributed by atoms with van der Waals surface area (Å²) in [4.78, 5) is 4.82. The average molecular weight is 277 g/mol. The van der Waals surface area contributed by atoms with E-state index in [1.165, 1.54) is 25.7 Å². The number of nitrogens with zero attached hydrogens (tertiary/aromatic N) is 2. The van der Waals surface area contributed by atoms with Crippen LogP contribution in [-0.2, 0) is 13.0 Å². The third-order valence-electron chi connectivity index (χ3n) is 3.84. The monoisotopic (exact) mass is 277 g/mol. The highest BCUT2D eigenvalue weighted by Crippen LogP contribution is 2.35. The van der Waals surface area contributed by atoms with E-state index in [1.807, 2.05) is 11.8 Å². The van der Waals surface area contributed by atoms with Gasteiger partial charge in [0.2, 0.25) is 0 Å². The SMILES string of the molecule is C#CCn1c(C2CCCC2)nc(CCCSC)c1N. The summed E-state index contributed by atoms with van der Waals surface area (Å²) in [6, 6.07) is 0. The Morgan fingerprint density at radius 1 is 1.47 bits per heavy atom. The second kappa shape index (κ2) is 6.91. The molecule has 1 heterocycles. The molecule has 4 heteroatoms. The van der Waals surface area contributed by atoms with Gasteiger partial charge in [-0.3, -0.25) is 0 Å². The lowest BCUT2D eigenvalue weighted by Gasteiger charge is -2.11. The van der Waals surface area contributed by atoms with E-state index in [9.17, 15) is 0 Å². The van der Waals surface area contributed by atoms with Gasteiger partial charge in [0.05, 0.1) is 12.2 Å². The first kappa shape index (κ1) is 14.3. The van der Waals surface area contributed by atoms with Crippen LogP contribution in [0.2, 0.25) is 0 Å². The van der Waals surface area contributed by atoms with Gasteiger partial charge in [0.1, 0.15) is 11.6 Å². The van der Waals surface area contributed by atoms with Crippen LogP contribution in [0.3, 0.4) is 0 Å². The summed E-state index contributed by atoms with van der Waals surface area (Å²) < 4.78 is 2.06. The predicted octanol–water partition coefficient (Wildman–Crippen LogP) is 3.05. The number of terminal acetylenes is 1. The highest BCUT2D eigenvalue weighted by atomic mass is 32.2. The van der Waals surface area contributed by atoms with Gasteiger partial charge in [0, 0.05) is 5.92 Å². The molecule has 1 aliphatic carbocycles. The topological polar surface area (TPSA) is 43.8 Å². The van der Waals surface area contributed by atoms with Crippen molar-refractivity contribution < 1.29 is 0 Å². The van der Waals surface area contributed by atoms with Crippen molar-refractivity contribution in [3.8, 4) is 12.3 Å². The van der Waals surface area contributed by atoms with Crippen LogP contribution in [0.15, 0.2) is 0 Å². The molecule has 3 nitrogen and oxygen atoms in total.